The largest absolute Gasteiger partial charge is 0.377 e. The van der Waals surface area contributed by atoms with E-state index in [1.807, 2.05) is 18.3 Å². The van der Waals surface area contributed by atoms with Crippen LogP contribution < -0.4 is 0 Å². The first-order valence-electron chi connectivity index (χ1n) is 11.6. The minimum Gasteiger partial charge on any atom is -0.377 e. The van der Waals surface area contributed by atoms with Crippen molar-refractivity contribution in [1.82, 2.24) is 9.88 Å². The monoisotopic (exact) mass is 418 g/mol. The average Bonchev–Trinajstić information content (AvgIpc) is 3.30. The average molecular weight is 419 g/mol. The van der Waals surface area contributed by atoms with Gasteiger partial charge in [0.2, 0.25) is 0 Å². The normalized spacial score (nSPS) is 21.5. The maximum absolute atomic E-state index is 15.5. The minimum absolute atomic E-state index is 0.354. The van der Waals surface area contributed by atoms with Crippen LogP contribution in [0.3, 0.4) is 0 Å². The third-order valence-corrected chi connectivity index (χ3v) is 7.07. The summed E-state index contributed by atoms with van der Waals surface area (Å²) in [4.78, 5) is 7.00. The van der Waals surface area contributed by atoms with Crippen molar-refractivity contribution in [3.8, 4) is 11.1 Å². The molecule has 2 saturated heterocycles. The van der Waals surface area contributed by atoms with E-state index in [1.54, 1.807) is 0 Å². The van der Waals surface area contributed by atoms with Gasteiger partial charge >= 0.3 is 0 Å². The van der Waals surface area contributed by atoms with Gasteiger partial charge < -0.3 is 9.64 Å². The molecule has 162 valence electrons. The molecule has 5 rings (SSSR count). The number of piperidine rings is 1. The number of alkyl halides is 1. The number of aromatic nitrogens is 1. The maximum atomic E-state index is 15.5. The zero-order valence-electron chi connectivity index (χ0n) is 18.3. The number of halogens is 1. The smallest absolute Gasteiger partial charge is 0.117 e. The molecule has 31 heavy (non-hydrogen) atoms. The summed E-state index contributed by atoms with van der Waals surface area (Å²) < 4.78 is 21.3. The highest BCUT2D eigenvalue weighted by Gasteiger charge is 2.35. The van der Waals surface area contributed by atoms with Gasteiger partial charge in [0, 0.05) is 49.8 Å². The molecule has 2 aromatic carbocycles. The molecule has 2 aliphatic heterocycles. The van der Waals surface area contributed by atoms with E-state index in [2.05, 4.69) is 53.2 Å². The highest BCUT2D eigenvalue weighted by atomic mass is 19.1. The van der Waals surface area contributed by atoms with E-state index >= 15 is 4.39 Å². The van der Waals surface area contributed by atoms with Gasteiger partial charge in [0.15, 0.2) is 0 Å². The van der Waals surface area contributed by atoms with Crippen LogP contribution in [-0.2, 0) is 11.2 Å². The first-order valence-corrected chi connectivity index (χ1v) is 11.6. The number of pyridine rings is 1. The second-order valence-corrected chi connectivity index (χ2v) is 9.27. The molecular formula is C27H31FN2O. The Morgan fingerprint density at radius 3 is 2.61 bits per heavy atom. The molecule has 1 aromatic heterocycles. The molecule has 0 saturated carbocycles. The van der Waals surface area contributed by atoms with Gasteiger partial charge in [-0.05, 0) is 55.4 Å². The number of rotatable bonds is 5. The number of nitrogens with zero attached hydrogens (tertiary/aromatic N) is 2. The molecule has 0 spiro atoms. The molecule has 2 fully saturated rings. The molecule has 3 heterocycles. The van der Waals surface area contributed by atoms with Crippen LogP contribution in [-0.4, -0.2) is 47.9 Å². The summed E-state index contributed by atoms with van der Waals surface area (Å²) in [5.41, 5.74) is 4.51. The van der Waals surface area contributed by atoms with E-state index in [9.17, 15) is 0 Å². The van der Waals surface area contributed by atoms with E-state index in [4.69, 9.17) is 4.74 Å². The standard InChI is InChI=1S/C27H31FN2O/c1-20-24-6-2-3-7-26(24)29-18-25(20)22-10-8-21(9-11-22)17-27(28)12-14-30(15-13-27)19-23-5-4-16-31-23/h2-3,6-11,18,23H,4-5,12-17,19H2,1H3/t23-/m1/s1. The number of likely N-dealkylation sites (tertiary alicyclic amines) is 1. The van der Waals surface area contributed by atoms with E-state index in [-0.39, 0.29) is 0 Å². The number of ether oxygens (including phenoxy) is 1. The SMILES string of the molecule is Cc1c(-c2ccc(CC3(F)CCN(C[C@H]4CCCO4)CC3)cc2)cnc2ccccc12. The number of benzene rings is 2. The van der Waals surface area contributed by atoms with Crippen molar-refractivity contribution in [1.29, 1.82) is 0 Å². The van der Waals surface area contributed by atoms with Crippen molar-refractivity contribution in [2.45, 2.75) is 50.8 Å². The number of para-hydroxylation sites is 1. The number of aryl methyl sites for hydroxylation is 1. The van der Waals surface area contributed by atoms with Crippen molar-refractivity contribution in [2.24, 2.45) is 0 Å². The van der Waals surface area contributed by atoms with Gasteiger partial charge in [-0.3, -0.25) is 4.98 Å². The fourth-order valence-corrected chi connectivity index (χ4v) is 5.13. The first kappa shape index (κ1) is 20.6. The van der Waals surface area contributed by atoms with Crippen LogP contribution in [0.15, 0.2) is 54.7 Å². The highest BCUT2D eigenvalue weighted by molar-refractivity contribution is 5.88. The first-order chi connectivity index (χ1) is 15.1. The van der Waals surface area contributed by atoms with E-state index in [1.165, 1.54) is 10.9 Å². The van der Waals surface area contributed by atoms with Gasteiger partial charge in [-0.1, -0.05) is 42.5 Å². The quantitative estimate of drug-likeness (QED) is 0.529. The van der Waals surface area contributed by atoms with E-state index in [0.717, 1.165) is 61.3 Å². The molecule has 0 N–H and O–H groups in total. The van der Waals surface area contributed by atoms with E-state index < -0.39 is 5.67 Å². The Bertz CT molecular complexity index is 1030. The number of hydrogen-bond donors (Lipinski definition) is 0. The van der Waals surface area contributed by atoms with Crippen molar-refractivity contribution in [3.63, 3.8) is 0 Å². The summed E-state index contributed by atoms with van der Waals surface area (Å²) in [5.74, 6) is 0. The zero-order chi connectivity index (χ0) is 21.3. The molecule has 3 nitrogen and oxygen atoms in total. The third kappa shape index (κ3) is 4.51. The molecule has 0 radical (unpaired) electrons. The van der Waals surface area contributed by atoms with Crippen LogP contribution in [0, 0.1) is 6.92 Å². The summed E-state index contributed by atoms with van der Waals surface area (Å²) in [6, 6.07) is 16.6. The van der Waals surface area contributed by atoms with Crippen LogP contribution in [0.2, 0.25) is 0 Å². The lowest BCUT2D eigenvalue weighted by atomic mass is 9.86. The molecule has 2 aliphatic rings. The Hall–Kier alpha value is -2.30. The predicted molar refractivity (Wildman–Crippen MR) is 124 cm³/mol. The van der Waals surface area contributed by atoms with Crippen molar-refractivity contribution < 1.29 is 9.13 Å². The van der Waals surface area contributed by atoms with Gasteiger partial charge in [0.25, 0.3) is 0 Å². The number of fused-ring (bicyclic) bond motifs is 1. The molecule has 3 aromatic rings. The van der Waals surface area contributed by atoms with Crippen LogP contribution in [0.1, 0.15) is 36.8 Å². The second kappa shape index (κ2) is 8.68. The predicted octanol–water partition coefficient (Wildman–Crippen LogP) is 5.74. The second-order valence-electron chi connectivity index (χ2n) is 9.27. The zero-order valence-corrected chi connectivity index (χ0v) is 18.3. The summed E-state index contributed by atoms with van der Waals surface area (Å²) in [7, 11) is 0. The highest BCUT2D eigenvalue weighted by Crippen LogP contribution is 2.33. The fraction of sp³-hybridized carbons (Fsp3) is 0.444. The Balaban J connectivity index is 1.24. The van der Waals surface area contributed by atoms with Crippen molar-refractivity contribution >= 4 is 10.9 Å². The molecule has 0 bridgehead atoms. The molecular weight excluding hydrogens is 387 g/mol. The Morgan fingerprint density at radius 1 is 1.10 bits per heavy atom. The molecule has 0 unspecified atom stereocenters. The fourth-order valence-electron chi connectivity index (χ4n) is 5.13. The summed E-state index contributed by atoms with van der Waals surface area (Å²) in [6.45, 7) is 5.65. The van der Waals surface area contributed by atoms with Crippen molar-refractivity contribution in [2.75, 3.05) is 26.2 Å². The molecule has 0 aliphatic carbocycles. The van der Waals surface area contributed by atoms with E-state index in [0.29, 0.717) is 25.4 Å². The Kier molecular flexibility index (Phi) is 5.77. The van der Waals surface area contributed by atoms with Crippen LogP contribution in [0.4, 0.5) is 4.39 Å². The van der Waals surface area contributed by atoms with Crippen LogP contribution >= 0.6 is 0 Å². The lowest BCUT2D eigenvalue weighted by Gasteiger charge is -2.37. The lowest BCUT2D eigenvalue weighted by molar-refractivity contribution is 0.0232. The minimum atomic E-state index is -1.10. The van der Waals surface area contributed by atoms with Crippen LogP contribution in [0.25, 0.3) is 22.0 Å². The van der Waals surface area contributed by atoms with Gasteiger partial charge in [0.05, 0.1) is 11.6 Å². The third-order valence-electron chi connectivity index (χ3n) is 7.07. The summed E-state index contributed by atoms with van der Waals surface area (Å²) in [6.07, 6.45) is 6.33. The van der Waals surface area contributed by atoms with Gasteiger partial charge in [-0.15, -0.1) is 0 Å². The number of hydrogen-bond acceptors (Lipinski definition) is 3. The van der Waals surface area contributed by atoms with Crippen molar-refractivity contribution in [3.05, 3.63) is 65.9 Å². The van der Waals surface area contributed by atoms with Gasteiger partial charge in [-0.2, -0.15) is 0 Å². The lowest BCUT2D eigenvalue weighted by Crippen LogP contribution is -2.45. The van der Waals surface area contributed by atoms with Gasteiger partial charge in [-0.25, -0.2) is 4.39 Å². The molecule has 0 amide bonds. The topological polar surface area (TPSA) is 25.4 Å². The summed E-state index contributed by atoms with van der Waals surface area (Å²) in [5, 5.41) is 1.18. The van der Waals surface area contributed by atoms with Crippen LogP contribution in [0.5, 0.6) is 0 Å². The molecule has 1 atom stereocenters. The summed E-state index contributed by atoms with van der Waals surface area (Å²) >= 11 is 0. The molecule has 4 heteroatoms. The Morgan fingerprint density at radius 2 is 1.87 bits per heavy atom. The Labute approximate surface area is 184 Å². The maximum Gasteiger partial charge on any atom is 0.117 e. The van der Waals surface area contributed by atoms with Gasteiger partial charge in [0.1, 0.15) is 5.67 Å².